The minimum absolute atomic E-state index is 0.212. The maximum absolute atomic E-state index is 10.7. The second kappa shape index (κ2) is 5.21. The third-order valence-corrected chi connectivity index (χ3v) is 2.00. The molecule has 1 aromatic carbocycles. The van der Waals surface area contributed by atoms with Gasteiger partial charge in [-0.25, -0.2) is 4.79 Å². The minimum Gasteiger partial charge on any atom is -0.497 e. The van der Waals surface area contributed by atoms with Crippen LogP contribution in [-0.2, 0) is 0 Å². The summed E-state index contributed by atoms with van der Waals surface area (Å²) in [6.45, 7) is -0.212. The third kappa shape index (κ3) is 3.14. The van der Waals surface area contributed by atoms with E-state index >= 15 is 0 Å². The molecule has 0 saturated carbocycles. The molecule has 0 aliphatic carbocycles. The summed E-state index contributed by atoms with van der Waals surface area (Å²) in [6.07, 6.45) is 0. The number of carbonyl (C=O) groups is 1. The largest absolute Gasteiger partial charge is 0.497 e. The fourth-order valence-electron chi connectivity index (χ4n) is 1.26. The van der Waals surface area contributed by atoms with Gasteiger partial charge < -0.3 is 20.9 Å². The molecule has 0 spiro atoms. The lowest BCUT2D eigenvalue weighted by atomic mass is 10.1. The molecular formula is C10H14N2O3. The molecule has 0 radical (unpaired) electrons. The van der Waals surface area contributed by atoms with E-state index in [0.29, 0.717) is 5.75 Å². The third-order valence-electron chi connectivity index (χ3n) is 2.00. The molecule has 0 aromatic heterocycles. The number of rotatable bonds is 4. The average Bonchev–Trinajstić information content (AvgIpc) is 2.25. The van der Waals surface area contributed by atoms with Gasteiger partial charge in [0.25, 0.3) is 0 Å². The Morgan fingerprint density at radius 1 is 1.67 bits per heavy atom. The topological polar surface area (TPSA) is 84.6 Å². The molecule has 1 unspecified atom stereocenters. The molecule has 0 heterocycles. The molecule has 0 aliphatic rings. The van der Waals surface area contributed by atoms with E-state index in [9.17, 15) is 4.79 Å². The fourth-order valence-corrected chi connectivity index (χ4v) is 1.26. The minimum atomic E-state index is -0.670. The lowest BCUT2D eigenvalue weighted by Gasteiger charge is -2.15. The molecule has 1 atom stereocenters. The van der Waals surface area contributed by atoms with E-state index in [1.807, 2.05) is 0 Å². The van der Waals surface area contributed by atoms with Gasteiger partial charge in [0.15, 0.2) is 0 Å². The molecule has 1 aromatic rings. The number of aliphatic hydroxyl groups excluding tert-OH is 1. The van der Waals surface area contributed by atoms with Gasteiger partial charge in [-0.3, -0.25) is 0 Å². The maximum atomic E-state index is 10.7. The molecular weight excluding hydrogens is 196 g/mol. The Hall–Kier alpha value is -1.75. The lowest BCUT2D eigenvalue weighted by molar-refractivity contribution is 0.223. The number of carbonyl (C=O) groups excluding carboxylic acids is 1. The van der Waals surface area contributed by atoms with Gasteiger partial charge in [-0.15, -0.1) is 0 Å². The summed E-state index contributed by atoms with van der Waals surface area (Å²) in [5.41, 5.74) is 5.73. The fraction of sp³-hybridized carbons (Fsp3) is 0.300. The highest BCUT2D eigenvalue weighted by molar-refractivity contribution is 5.72. The molecule has 4 N–H and O–H groups in total. The zero-order chi connectivity index (χ0) is 11.3. The van der Waals surface area contributed by atoms with Gasteiger partial charge in [-0.1, -0.05) is 12.1 Å². The highest BCUT2D eigenvalue weighted by atomic mass is 16.5. The summed E-state index contributed by atoms with van der Waals surface area (Å²) in [7, 11) is 1.55. The van der Waals surface area contributed by atoms with Gasteiger partial charge in [-0.05, 0) is 17.7 Å². The number of nitrogens with two attached hydrogens (primary N) is 1. The van der Waals surface area contributed by atoms with Gasteiger partial charge in [0.2, 0.25) is 0 Å². The van der Waals surface area contributed by atoms with Crippen molar-refractivity contribution in [3.63, 3.8) is 0 Å². The van der Waals surface area contributed by atoms with Crippen LogP contribution in [0.4, 0.5) is 4.79 Å². The number of aliphatic hydroxyl groups is 1. The monoisotopic (exact) mass is 210 g/mol. The highest BCUT2D eigenvalue weighted by Crippen LogP contribution is 2.18. The zero-order valence-electron chi connectivity index (χ0n) is 8.43. The van der Waals surface area contributed by atoms with Crippen molar-refractivity contribution in [3.8, 4) is 5.75 Å². The van der Waals surface area contributed by atoms with Crippen molar-refractivity contribution in [2.45, 2.75) is 6.04 Å². The van der Waals surface area contributed by atoms with Crippen LogP contribution in [0.2, 0.25) is 0 Å². The van der Waals surface area contributed by atoms with E-state index < -0.39 is 12.1 Å². The molecule has 0 aliphatic heterocycles. The molecule has 15 heavy (non-hydrogen) atoms. The molecule has 0 fully saturated rings. The second-order valence-electron chi connectivity index (χ2n) is 3.02. The molecule has 1 rings (SSSR count). The van der Waals surface area contributed by atoms with Crippen molar-refractivity contribution in [2.75, 3.05) is 13.7 Å². The van der Waals surface area contributed by atoms with Gasteiger partial charge >= 0.3 is 6.03 Å². The van der Waals surface area contributed by atoms with Crippen molar-refractivity contribution < 1.29 is 14.6 Å². The average molecular weight is 210 g/mol. The molecule has 0 bridgehead atoms. The van der Waals surface area contributed by atoms with Crippen LogP contribution in [0.3, 0.4) is 0 Å². The number of amides is 2. The van der Waals surface area contributed by atoms with Crippen LogP contribution >= 0.6 is 0 Å². The van der Waals surface area contributed by atoms with Crippen LogP contribution in [0.15, 0.2) is 24.3 Å². The number of hydrogen-bond acceptors (Lipinski definition) is 3. The Kier molecular flexibility index (Phi) is 3.93. The Labute approximate surface area is 87.9 Å². The van der Waals surface area contributed by atoms with E-state index in [4.69, 9.17) is 15.6 Å². The standard InChI is InChI=1S/C10H14N2O3/c1-15-8-4-2-3-7(5-8)9(6-13)12-10(11)14/h2-5,9,13H,6H2,1H3,(H3,11,12,14). The Balaban J connectivity index is 2.85. The summed E-state index contributed by atoms with van der Waals surface area (Å²) in [5, 5.41) is 11.5. The summed E-state index contributed by atoms with van der Waals surface area (Å²) in [6, 6.07) is 5.90. The summed E-state index contributed by atoms with van der Waals surface area (Å²) in [5.74, 6) is 0.664. The summed E-state index contributed by atoms with van der Waals surface area (Å²) >= 11 is 0. The van der Waals surface area contributed by atoms with Crippen molar-refractivity contribution in [3.05, 3.63) is 29.8 Å². The van der Waals surface area contributed by atoms with E-state index in [1.54, 1.807) is 31.4 Å². The SMILES string of the molecule is COc1cccc(C(CO)NC(N)=O)c1. The van der Waals surface area contributed by atoms with Gasteiger partial charge in [0, 0.05) is 0 Å². The van der Waals surface area contributed by atoms with Crippen molar-refractivity contribution in [1.82, 2.24) is 5.32 Å². The first-order valence-corrected chi connectivity index (χ1v) is 4.48. The van der Waals surface area contributed by atoms with Crippen LogP contribution in [0, 0.1) is 0 Å². The van der Waals surface area contributed by atoms with E-state index in [-0.39, 0.29) is 6.61 Å². The predicted molar refractivity (Wildman–Crippen MR) is 55.5 cm³/mol. The van der Waals surface area contributed by atoms with Gasteiger partial charge in [0.1, 0.15) is 5.75 Å². The van der Waals surface area contributed by atoms with Crippen LogP contribution in [0.25, 0.3) is 0 Å². The first kappa shape index (κ1) is 11.3. The first-order valence-electron chi connectivity index (χ1n) is 4.48. The highest BCUT2D eigenvalue weighted by Gasteiger charge is 2.11. The number of methoxy groups -OCH3 is 1. The lowest BCUT2D eigenvalue weighted by Crippen LogP contribution is -2.34. The Morgan fingerprint density at radius 2 is 2.40 bits per heavy atom. The van der Waals surface area contributed by atoms with E-state index in [2.05, 4.69) is 5.32 Å². The van der Waals surface area contributed by atoms with Crippen LogP contribution < -0.4 is 15.8 Å². The number of nitrogens with one attached hydrogen (secondary N) is 1. The van der Waals surface area contributed by atoms with Crippen LogP contribution in [-0.4, -0.2) is 24.9 Å². The first-order chi connectivity index (χ1) is 7.17. The summed E-state index contributed by atoms with van der Waals surface area (Å²) in [4.78, 5) is 10.7. The maximum Gasteiger partial charge on any atom is 0.312 e. The summed E-state index contributed by atoms with van der Waals surface area (Å²) < 4.78 is 5.03. The van der Waals surface area contributed by atoms with Crippen molar-refractivity contribution in [2.24, 2.45) is 5.73 Å². The number of ether oxygens (including phenoxy) is 1. The smallest absolute Gasteiger partial charge is 0.312 e. The Morgan fingerprint density at radius 3 is 2.93 bits per heavy atom. The predicted octanol–water partition coefficient (Wildman–Crippen LogP) is 0.397. The van der Waals surface area contributed by atoms with E-state index in [0.717, 1.165) is 5.56 Å². The van der Waals surface area contributed by atoms with Crippen LogP contribution in [0.5, 0.6) is 5.75 Å². The number of urea groups is 1. The number of hydrogen-bond donors (Lipinski definition) is 3. The second-order valence-corrected chi connectivity index (χ2v) is 3.02. The Bertz CT molecular complexity index is 341. The quantitative estimate of drug-likeness (QED) is 0.672. The number of benzene rings is 1. The molecule has 2 amide bonds. The van der Waals surface area contributed by atoms with Crippen LogP contribution in [0.1, 0.15) is 11.6 Å². The normalized spacial score (nSPS) is 11.9. The van der Waals surface area contributed by atoms with Gasteiger partial charge in [0.05, 0.1) is 19.8 Å². The molecule has 5 nitrogen and oxygen atoms in total. The van der Waals surface area contributed by atoms with Gasteiger partial charge in [-0.2, -0.15) is 0 Å². The van der Waals surface area contributed by atoms with E-state index in [1.165, 1.54) is 0 Å². The number of primary amides is 1. The molecule has 0 saturated heterocycles. The van der Waals surface area contributed by atoms with Crippen molar-refractivity contribution in [1.29, 1.82) is 0 Å². The van der Waals surface area contributed by atoms with Crippen molar-refractivity contribution >= 4 is 6.03 Å². The molecule has 5 heteroatoms. The molecule has 82 valence electrons. The zero-order valence-corrected chi connectivity index (χ0v) is 8.43.